The summed E-state index contributed by atoms with van der Waals surface area (Å²) in [6.45, 7) is 2.03. The van der Waals surface area contributed by atoms with Crippen molar-refractivity contribution in [3.05, 3.63) is 81.6 Å². The van der Waals surface area contributed by atoms with Crippen LogP contribution in [0.4, 0.5) is 5.69 Å². The summed E-state index contributed by atoms with van der Waals surface area (Å²) in [5, 5.41) is 4.77. The molecule has 1 heterocycles. The van der Waals surface area contributed by atoms with E-state index in [0.29, 0.717) is 5.69 Å². The molecule has 0 aliphatic heterocycles. The highest BCUT2D eigenvalue weighted by Crippen LogP contribution is 2.22. The fraction of sp³-hybridized carbons (Fsp3) is 0.190. The molecule has 1 unspecified atom stereocenters. The Kier molecular flexibility index (Phi) is 7.10. The van der Waals surface area contributed by atoms with E-state index in [4.69, 9.17) is 0 Å². The maximum absolute atomic E-state index is 12.5. The highest BCUT2D eigenvalue weighted by molar-refractivity contribution is 9.10. The lowest BCUT2D eigenvalue weighted by Crippen LogP contribution is -2.29. The van der Waals surface area contributed by atoms with Gasteiger partial charge in [-0.3, -0.25) is 9.52 Å². The molecule has 3 rings (SSSR count). The number of rotatable bonds is 8. The summed E-state index contributed by atoms with van der Waals surface area (Å²) < 4.78 is 28.3. The molecule has 0 saturated heterocycles. The van der Waals surface area contributed by atoms with E-state index < -0.39 is 10.0 Å². The average Bonchev–Trinajstić information content (AvgIpc) is 3.24. The number of halogens is 1. The number of benzene rings is 2. The molecule has 2 N–H and O–H groups in total. The Balaban J connectivity index is 1.60. The predicted octanol–water partition coefficient (Wildman–Crippen LogP) is 5.12. The molecule has 3 aromatic rings. The summed E-state index contributed by atoms with van der Waals surface area (Å²) in [5.74, 6) is -0.0771. The molecule has 0 fully saturated rings. The number of carbonyl (C=O) groups excluding carboxylic acids is 1. The van der Waals surface area contributed by atoms with Crippen LogP contribution in [-0.2, 0) is 21.2 Å². The van der Waals surface area contributed by atoms with Gasteiger partial charge in [0.1, 0.15) is 4.21 Å². The fourth-order valence-corrected chi connectivity index (χ4v) is 5.18. The second kappa shape index (κ2) is 9.56. The smallest absolute Gasteiger partial charge is 0.271 e. The molecule has 29 heavy (non-hydrogen) atoms. The monoisotopic (exact) mass is 492 g/mol. The Bertz CT molecular complexity index is 1050. The van der Waals surface area contributed by atoms with Crippen LogP contribution in [0.2, 0.25) is 0 Å². The van der Waals surface area contributed by atoms with E-state index in [-0.39, 0.29) is 22.6 Å². The van der Waals surface area contributed by atoms with E-state index in [9.17, 15) is 13.2 Å². The quantitative estimate of drug-likeness (QED) is 0.457. The van der Waals surface area contributed by atoms with E-state index in [1.54, 1.807) is 41.8 Å². The van der Waals surface area contributed by atoms with Crippen LogP contribution in [-0.4, -0.2) is 14.3 Å². The first kappa shape index (κ1) is 21.5. The molecule has 1 atom stereocenters. The largest absolute Gasteiger partial charge is 0.349 e. The van der Waals surface area contributed by atoms with Crippen molar-refractivity contribution in [2.75, 3.05) is 4.72 Å². The van der Waals surface area contributed by atoms with Gasteiger partial charge in [0, 0.05) is 10.2 Å². The number of hydrogen-bond donors (Lipinski definition) is 2. The first-order valence-corrected chi connectivity index (χ1v) is 12.2. The molecule has 5 nitrogen and oxygen atoms in total. The molecule has 0 saturated carbocycles. The summed E-state index contributed by atoms with van der Waals surface area (Å²) in [6, 6.07) is 18.0. The van der Waals surface area contributed by atoms with Crippen LogP contribution < -0.4 is 10.0 Å². The van der Waals surface area contributed by atoms with Crippen molar-refractivity contribution in [2.45, 2.75) is 30.0 Å². The van der Waals surface area contributed by atoms with E-state index in [2.05, 4.69) is 26.0 Å². The summed E-state index contributed by atoms with van der Waals surface area (Å²) in [4.78, 5) is 12.5. The van der Waals surface area contributed by atoms with E-state index in [0.717, 1.165) is 33.4 Å². The van der Waals surface area contributed by atoms with Crippen LogP contribution >= 0.6 is 27.3 Å². The predicted molar refractivity (Wildman–Crippen MR) is 121 cm³/mol. The van der Waals surface area contributed by atoms with Crippen LogP contribution in [0.1, 0.15) is 30.5 Å². The minimum Gasteiger partial charge on any atom is -0.349 e. The highest BCUT2D eigenvalue weighted by Gasteiger charge is 2.16. The number of amides is 1. The van der Waals surface area contributed by atoms with Gasteiger partial charge in [0.15, 0.2) is 0 Å². The van der Waals surface area contributed by atoms with Gasteiger partial charge in [-0.2, -0.15) is 0 Å². The molecule has 8 heteroatoms. The van der Waals surface area contributed by atoms with Gasteiger partial charge in [0.25, 0.3) is 10.0 Å². The van der Waals surface area contributed by atoms with Gasteiger partial charge >= 0.3 is 0 Å². The summed E-state index contributed by atoms with van der Waals surface area (Å²) in [6.07, 6.45) is 1.02. The SMILES string of the molecule is CCC(NC(=O)Cc1ccc(NS(=O)(=O)c2cccs2)cc1)c1ccc(Br)cc1. The molecule has 1 aromatic heterocycles. The minimum absolute atomic E-state index is 0.0486. The van der Waals surface area contributed by atoms with Crippen LogP contribution in [0.15, 0.2) is 74.7 Å². The van der Waals surface area contributed by atoms with Crippen molar-refractivity contribution < 1.29 is 13.2 Å². The van der Waals surface area contributed by atoms with Gasteiger partial charge in [0.05, 0.1) is 12.5 Å². The molecule has 152 valence electrons. The van der Waals surface area contributed by atoms with Crippen LogP contribution in [0, 0.1) is 0 Å². The van der Waals surface area contributed by atoms with Crippen molar-refractivity contribution in [1.82, 2.24) is 5.32 Å². The fourth-order valence-electron chi connectivity index (χ4n) is 2.86. The molecule has 0 spiro atoms. The first-order valence-electron chi connectivity index (χ1n) is 9.07. The molecule has 2 aromatic carbocycles. The molecular weight excluding hydrogens is 472 g/mol. The van der Waals surface area contributed by atoms with Crippen molar-refractivity contribution >= 4 is 48.9 Å². The third kappa shape index (κ3) is 5.91. The Morgan fingerprint density at radius 1 is 1.07 bits per heavy atom. The molecule has 0 aliphatic carbocycles. The van der Waals surface area contributed by atoms with Crippen LogP contribution in [0.25, 0.3) is 0 Å². The van der Waals surface area contributed by atoms with Crippen molar-refractivity contribution in [3.8, 4) is 0 Å². The van der Waals surface area contributed by atoms with Crippen molar-refractivity contribution in [3.63, 3.8) is 0 Å². The van der Waals surface area contributed by atoms with Gasteiger partial charge < -0.3 is 5.32 Å². The van der Waals surface area contributed by atoms with Gasteiger partial charge in [0.2, 0.25) is 5.91 Å². The van der Waals surface area contributed by atoms with Crippen molar-refractivity contribution in [1.29, 1.82) is 0 Å². The third-order valence-corrected chi connectivity index (χ3v) is 7.65. The lowest BCUT2D eigenvalue weighted by molar-refractivity contribution is -0.121. The number of thiophene rings is 1. The number of nitrogens with one attached hydrogen (secondary N) is 2. The van der Waals surface area contributed by atoms with Crippen LogP contribution in [0.5, 0.6) is 0 Å². The van der Waals surface area contributed by atoms with E-state index in [1.807, 2.05) is 31.2 Å². The zero-order valence-electron chi connectivity index (χ0n) is 15.8. The Labute approximate surface area is 183 Å². The van der Waals surface area contributed by atoms with Gasteiger partial charge in [-0.1, -0.05) is 53.2 Å². The topological polar surface area (TPSA) is 75.3 Å². The van der Waals surface area contributed by atoms with Gasteiger partial charge in [-0.25, -0.2) is 8.42 Å². The first-order chi connectivity index (χ1) is 13.9. The van der Waals surface area contributed by atoms with Gasteiger partial charge in [-0.15, -0.1) is 11.3 Å². The highest BCUT2D eigenvalue weighted by atomic mass is 79.9. The molecule has 0 aliphatic rings. The number of carbonyl (C=O) groups is 1. The number of anilines is 1. The Morgan fingerprint density at radius 3 is 2.34 bits per heavy atom. The zero-order valence-corrected chi connectivity index (χ0v) is 19.0. The lowest BCUT2D eigenvalue weighted by atomic mass is 10.0. The zero-order chi connectivity index (χ0) is 20.9. The van der Waals surface area contributed by atoms with E-state index in [1.165, 1.54) is 0 Å². The number of sulfonamides is 1. The second-order valence-corrected chi connectivity index (χ2v) is 10.3. The summed E-state index contributed by atoms with van der Waals surface area (Å²) in [5.41, 5.74) is 2.33. The lowest BCUT2D eigenvalue weighted by Gasteiger charge is -2.18. The summed E-state index contributed by atoms with van der Waals surface area (Å²) >= 11 is 4.58. The molecule has 1 amide bonds. The second-order valence-electron chi connectivity index (χ2n) is 6.49. The maximum Gasteiger partial charge on any atom is 0.271 e. The maximum atomic E-state index is 12.5. The Morgan fingerprint density at radius 2 is 1.76 bits per heavy atom. The molecule has 0 radical (unpaired) electrons. The third-order valence-electron chi connectivity index (χ3n) is 4.35. The number of hydrogen-bond acceptors (Lipinski definition) is 4. The Hall–Kier alpha value is -2.16. The molecule has 0 bridgehead atoms. The molecular formula is C21H21BrN2O3S2. The van der Waals surface area contributed by atoms with E-state index >= 15 is 0 Å². The summed E-state index contributed by atoms with van der Waals surface area (Å²) in [7, 11) is -3.57. The minimum atomic E-state index is -3.57. The van der Waals surface area contributed by atoms with Gasteiger partial charge in [-0.05, 0) is 53.3 Å². The normalized spacial score (nSPS) is 12.3. The van der Waals surface area contributed by atoms with Crippen LogP contribution in [0.3, 0.4) is 0 Å². The average molecular weight is 493 g/mol. The standard InChI is InChI=1S/C21H21BrN2O3S2/c1-2-19(16-7-9-17(22)10-8-16)23-20(25)14-15-5-11-18(12-6-15)24-29(26,27)21-4-3-13-28-21/h3-13,19,24H,2,14H2,1H3,(H,23,25). The van der Waals surface area contributed by atoms with Crippen molar-refractivity contribution in [2.24, 2.45) is 0 Å².